The van der Waals surface area contributed by atoms with Gasteiger partial charge in [0.1, 0.15) is 11.5 Å². The Morgan fingerprint density at radius 2 is 2.25 bits per heavy atom. The molecule has 3 N–H and O–H groups in total. The number of likely N-dealkylation sites (tertiary alicyclic amines) is 1. The van der Waals surface area contributed by atoms with Gasteiger partial charge in [-0.1, -0.05) is 6.92 Å². The minimum Gasteiger partial charge on any atom is -0.508 e. The highest BCUT2D eigenvalue weighted by Crippen LogP contribution is 2.35. The van der Waals surface area contributed by atoms with E-state index >= 15 is 0 Å². The van der Waals surface area contributed by atoms with Crippen molar-refractivity contribution in [2.75, 3.05) is 20.2 Å². The summed E-state index contributed by atoms with van der Waals surface area (Å²) in [6.45, 7) is 6.11. The number of rotatable bonds is 4. The van der Waals surface area contributed by atoms with Crippen molar-refractivity contribution in [3.63, 3.8) is 0 Å². The van der Waals surface area contributed by atoms with E-state index in [1.807, 2.05) is 6.07 Å². The van der Waals surface area contributed by atoms with E-state index in [0.717, 1.165) is 30.2 Å². The van der Waals surface area contributed by atoms with Gasteiger partial charge in [-0.3, -0.25) is 4.90 Å². The van der Waals surface area contributed by atoms with Crippen molar-refractivity contribution in [2.45, 2.75) is 38.8 Å². The summed E-state index contributed by atoms with van der Waals surface area (Å²) < 4.78 is 5.26. The lowest BCUT2D eigenvalue weighted by atomic mass is 9.90. The van der Waals surface area contributed by atoms with Crippen LogP contribution in [0.1, 0.15) is 38.3 Å². The van der Waals surface area contributed by atoms with Gasteiger partial charge < -0.3 is 15.6 Å². The van der Waals surface area contributed by atoms with Gasteiger partial charge in [-0.25, -0.2) is 0 Å². The minimum absolute atomic E-state index is 0.145. The van der Waals surface area contributed by atoms with E-state index in [1.165, 1.54) is 6.42 Å². The fourth-order valence-corrected chi connectivity index (χ4v) is 3.18. The van der Waals surface area contributed by atoms with E-state index in [4.69, 9.17) is 10.5 Å². The fourth-order valence-electron chi connectivity index (χ4n) is 3.18. The fraction of sp³-hybridized carbons (Fsp3) is 0.625. The number of benzene rings is 1. The molecule has 4 heteroatoms. The highest BCUT2D eigenvalue weighted by molar-refractivity contribution is 5.41. The molecular weight excluding hydrogens is 252 g/mol. The Hall–Kier alpha value is -1.26. The SMILES string of the molecule is COc1ccc(O)c(C(C)N2CCC(C)CC2CN)c1. The third kappa shape index (κ3) is 3.07. The number of phenols is 1. The molecule has 0 spiro atoms. The molecule has 1 heterocycles. The Balaban J connectivity index is 2.23. The summed E-state index contributed by atoms with van der Waals surface area (Å²) in [5.41, 5.74) is 6.85. The summed E-state index contributed by atoms with van der Waals surface area (Å²) in [6.07, 6.45) is 2.32. The third-order valence-corrected chi connectivity index (χ3v) is 4.48. The van der Waals surface area contributed by atoms with E-state index in [1.54, 1.807) is 19.2 Å². The van der Waals surface area contributed by atoms with Gasteiger partial charge in [-0.05, 0) is 50.4 Å². The van der Waals surface area contributed by atoms with Gasteiger partial charge in [-0.15, -0.1) is 0 Å². The average molecular weight is 278 g/mol. The van der Waals surface area contributed by atoms with Crippen LogP contribution in [0.4, 0.5) is 0 Å². The lowest BCUT2D eigenvalue weighted by molar-refractivity contribution is 0.0822. The molecule has 20 heavy (non-hydrogen) atoms. The van der Waals surface area contributed by atoms with Gasteiger partial charge in [0.2, 0.25) is 0 Å². The van der Waals surface area contributed by atoms with Crippen LogP contribution in [0.25, 0.3) is 0 Å². The molecule has 3 atom stereocenters. The monoisotopic (exact) mass is 278 g/mol. The number of phenolic OH excluding ortho intramolecular Hbond substituents is 1. The van der Waals surface area contributed by atoms with Gasteiger partial charge in [0.05, 0.1) is 7.11 Å². The van der Waals surface area contributed by atoms with Gasteiger partial charge in [0.15, 0.2) is 0 Å². The van der Waals surface area contributed by atoms with Crippen molar-refractivity contribution < 1.29 is 9.84 Å². The molecule has 2 rings (SSSR count). The number of nitrogens with zero attached hydrogens (tertiary/aromatic N) is 1. The first-order valence-corrected chi connectivity index (χ1v) is 7.39. The summed E-state index contributed by atoms with van der Waals surface area (Å²) in [7, 11) is 1.64. The number of ether oxygens (including phenoxy) is 1. The molecule has 0 saturated carbocycles. The maximum atomic E-state index is 10.1. The van der Waals surface area contributed by atoms with Gasteiger partial charge in [0, 0.05) is 24.2 Å². The summed E-state index contributed by atoms with van der Waals surface area (Å²) in [6, 6.07) is 5.94. The molecular formula is C16H26N2O2. The zero-order valence-electron chi connectivity index (χ0n) is 12.7. The number of nitrogens with two attached hydrogens (primary N) is 1. The Morgan fingerprint density at radius 1 is 1.50 bits per heavy atom. The molecule has 0 bridgehead atoms. The topological polar surface area (TPSA) is 58.7 Å². The van der Waals surface area contributed by atoms with Crippen molar-refractivity contribution in [1.82, 2.24) is 4.90 Å². The van der Waals surface area contributed by atoms with Crippen LogP contribution in [0.5, 0.6) is 11.5 Å². The zero-order valence-corrected chi connectivity index (χ0v) is 12.7. The number of piperidine rings is 1. The molecule has 0 radical (unpaired) electrons. The largest absolute Gasteiger partial charge is 0.508 e. The van der Waals surface area contributed by atoms with Crippen LogP contribution in [0.2, 0.25) is 0 Å². The second kappa shape index (κ2) is 6.46. The second-order valence-corrected chi connectivity index (χ2v) is 5.86. The molecule has 1 saturated heterocycles. The summed E-state index contributed by atoms with van der Waals surface area (Å²) in [5, 5.41) is 10.1. The quantitative estimate of drug-likeness (QED) is 0.888. The van der Waals surface area contributed by atoms with Crippen LogP contribution in [-0.4, -0.2) is 36.2 Å². The van der Waals surface area contributed by atoms with Crippen LogP contribution < -0.4 is 10.5 Å². The predicted octanol–water partition coefficient (Wildman–Crippen LogP) is 2.52. The van der Waals surface area contributed by atoms with Gasteiger partial charge in [0.25, 0.3) is 0 Å². The highest BCUT2D eigenvalue weighted by Gasteiger charge is 2.30. The summed E-state index contributed by atoms with van der Waals surface area (Å²) in [4.78, 5) is 2.41. The first-order chi connectivity index (χ1) is 9.56. The standard InChI is InChI=1S/C16H26N2O2/c1-11-6-7-18(13(8-11)10-17)12(2)15-9-14(20-3)4-5-16(15)19/h4-5,9,11-13,19H,6-8,10,17H2,1-3H3. The summed E-state index contributed by atoms with van der Waals surface area (Å²) >= 11 is 0. The molecule has 0 aliphatic carbocycles. The first kappa shape index (κ1) is 15.1. The molecule has 0 aromatic heterocycles. The van der Waals surface area contributed by atoms with Crippen LogP contribution >= 0.6 is 0 Å². The molecule has 3 unspecified atom stereocenters. The Morgan fingerprint density at radius 3 is 2.90 bits per heavy atom. The molecule has 1 aromatic rings. The Kier molecular flexibility index (Phi) is 4.89. The highest BCUT2D eigenvalue weighted by atomic mass is 16.5. The number of hydrogen-bond donors (Lipinski definition) is 2. The minimum atomic E-state index is 0.145. The van der Waals surface area contributed by atoms with E-state index < -0.39 is 0 Å². The smallest absolute Gasteiger partial charge is 0.120 e. The molecule has 1 aliphatic rings. The zero-order chi connectivity index (χ0) is 14.7. The summed E-state index contributed by atoms with van der Waals surface area (Å²) in [5.74, 6) is 1.83. The average Bonchev–Trinajstić information content (AvgIpc) is 2.47. The first-order valence-electron chi connectivity index (χ1n) is 7.39. The molecule has 4 nitrogen and oxygen atoms in total. The van der Waals surface area contributed by atoms with Crippen molar-refractivity contribution >= 4 is 0 Å². The molecule has 1 aliphatic heterocycles. The van der Waals surface area contributed by atoms with E-state index in [9.17, 15) is 5.11 Å². The predicted molar refractivity (Wildman–Crippen MR) is 81.0 cm³/mol. The maximum absolute atomic E-state index is 10.1. The van der Waals surface area contributed by atoms with Gasteiger partial charge >= 0.3 is 0 Å². The normalized spacial score (nSPS) is 25.4. The maximum Gasteiger partial charge on any atom is 0.120 e. The number of hydrogen-bond acceptors (Lipinski definition) is 4. The van der Waals surface area contributed by atoms with E-state index in [0.29, 0.717) is 18.3 Å². The lowest BCUT2D eigenvalue weighted by Crippen LogP contribution is -2.47. The van der Waals surface area contributed by atoms with Crippen LogP contribution in [0.3, 0.4) is 0 Å². The second-order valence-electron chi connectivity index (χ2n) is 5.86. The Bertz CT molecular complexity index is 450. The van der Waals surface area contributed by atoms with E-state index in [-0.39, 0.29) is 6.04 Å². The van der Waals surface area contributed by atoms with Crippen molar-refractivity contribution in [1.29, 1.82) is 0 Å². The molecule has 0 amide bonds. The molecule has 1 aromatic carbocycles. The van der Waals surface area contributed by atoms with E-state index in [2.05, 4.69) is 18.7 Å². The van der Waals surface area contributed by atoms with Crippen molar-refractivity contribution in [2.24, 2.45) is 11.7 Å². The van der Waals surface area contributed by atoms with Crippen LogP contribution in [0, 0.1) is 5.92 Å². The molecule has 1 fully saturated rings. The van der Waals surface area contributed by atoms with Gasteiger partial charge in [-0.2, -0.15) is 0 Å². The Labute approximate surface area is 121 Å². The van der Waals surface area contributed by atoms with Crippen LogP contribution in [0.15, 0.2) is 18.2 Å². The van der Waals surface area contributed by atoms with Crippen molar-refractivity contribution in [3.05, 3.63) is 23.8 Å². The van der Waals surface area contributed by atoms with Crippen molar-refractivity contribution in [3.8, 4) is 11.5 Å². The molecule has 112 valence electrons. The number of methoxy groups -OCH3 is 1. The lowest BCUT2D eigenvalue weighted by Gasteiger charge is -2.42. The number of aromatic hydroxyl groups is 1. The third-order valence-electron chi connectivity index (χ3n) is 4.48. The van der Waals surface area contributed by atoms with Crippen LogP contribution in [-0.2, 0) is 0 Å².